The van der Waals surface area contributed by atoms with Crippen molar-refractivity contribution in [2.75, 3.05) is 0 Å². The highest BCUT2D eigenvalue weighted by Crippen LogP contribution is 2.26. The van der Waals surface area contributed by atoms with Gasteiger partial charge in [0.1, 0.15) is 22.4 Å². The number of carbonyl (C=O) groups is 1. The average Bonchev–Trinajstić information content (AvgIpc) is 2.37. The van der Waals surface area contributed by atoms with Gasteiger partial charge in [0.25, 0.3) is 0 Å². The van der Waals surface area contributed by atoms with Crippen molar-refractivity contribution in [2.24, 2.45) is 0 Å². The van der Waals surface area contributed by atoms with Gasteiger partial charge in [-0.3, -0.25) is 4.55 Å². The summed E-state index contributed by atoms with van der Waals surface area (Å²) in [6.45, 7) is 0. The molecule has 0 bridgehead atoms. The summed E-state index contributed by atoms with van der Waals surface area (Å²) < 4.78 is 84.1. The number of hydrogen-bond acceptors (Lipinski definition) is 4. The molecule has 0 amide bonds. The van der Waals surface area contributed by atoms with E-state index in [1.54, 1.807) is 0 Å². The molecule has 0 unspecified atom stereocenters. The molecule has 1 heterocycles. The van der Waals surface area contributed by atoms with Gasteiger partial charge in [0.2, 0.25) is 0 Å². The van der Waals surface area contributed by atoms with Crippen molar-refractivity contribution < 1.29 is 44.8 Å². The lowest BCUT2D eigenvalue weighted by Crippen LogP contribution is -2.21. The van der Waals surface area contributed by atoms with Crippen molar-refractivity contribution >= 4 is 38.5 Å². The van der Waals surface area contributed by atoms with E-state index in [4.69, 9.17) is 29.7 Å². The molecule has 0 aliphatic carbocycles. The van der Waals surface area contributed by atoms with Crippen LogP contribution in [0.4, 0.5) is 22.0 Å². The SMILES string of the molecule is O=C(O)c1c(F)cc(F)c2cc(Cl)ncc12.O=S(=O)(O)C(F)(F)F. The molecule has 0 aliphatic heterocycles. The van der Waals surface area contributed by atoms with E-state index < -0.39 is 38.8 Å². The maximum absolute atomic E-state index is 13.4. The van der Waals surface area contributed by atoms with E-state index in [0.29, 0.717) is 6.07 Å². The highest BCUT2D eigenvalue weighted by Gasteiger charge is 2.44. The number of benzene rings is 1. The van der Waals surface area contributed by atoms with E-state index in [9.17, 15) is 26.7 Å². The van der Waals surface area contributed by atoms with Gasteiger partial charge >= 0.3 is 21.6 Å². The number of alkyl halides is 3. The van der Waals surface area contributed by atoms with Crippen molar-refractivity contribution in [3.05, 3.63) is 40.7 Å². The van der Waals surface area contributed by atoms with E-state index >= 15 is 0 Å². The zero-order valence-electron chi connectivity index (χ0n) is 11.0. The molecule has 0 atom stereocenters. The number of carboxylic acid groups (broad SMARTS) is 1. The first-order valence-corrected chi connectivity index (χ1v) is 7.27. The molecule has 0 fully saturated rings. The summed E-state index contributed by atoms with van der Waals surface area (Å²) >= 11 is 5.54. The number of rotatable bonds is 1. The van der Waals surface area contributed by atoms with Crippen LogP contribution in [0.15, 0.2) is 18.3 Å². The van der Waals surface area contributed by atoms with E-state index in [-0.39, 0.29) is 15.9 Å². The lowest BCUT2D eigenvalue weighted by molar-refractivity contribution is -0.0510. The molecule has 0 radical (unpaired) electrons. The maximum Gasteiger partial charge on any atom is 0.522 e. The zero-order chi connectivity index (χ0) is 18.9. The summed E-state index contributed by atoms with van der Waals surface area (Å²) in [5.41, 5.74) is -6.15. The molecule has 0 saturated carbocycles. The minimum absolute atomic E-state index is 0.00865. The van der Waals surface area contributed by atoms with Gasteiger partial charge in [-0.1, -0.05) is 11.6 Å². The number of fused-ring (bicyclic) bond motifs is 1. The van der Waals surface area contributed by atoms with Crippen LogP contribution in [0.2, 0.25) is 5.15 Å². The number of halogens is 6. The maximum atomic E-state index is 13.4. The molecule has 132 valence electrons. The fourth-order valence-corrected chi connectivity index (χ4v) is 1.59. The van der Waals surface area contributed by atoms with Crippen molar-refractivity contribution in [2.45, 2.75) is 5.51 Å². The Hall–Kier alpha value is -2.05. The molecule has 0 saturated heterocycles. The molecule has 1 aromatic carbocycles. The monoisotopic (exact) mass is 393 g/mol. The molecule has 13 heteroatoms. The fraction of sp³-hybridized carbons (Fsp3) is 0.0909. The van der Waals surface area contributed by atoms with Crippen LogP contribution < -0.4 is 0 Å². The third-order valence-corrected chi connectivity index (χ3v) is 3.19. The quantitative estimate of drug-likeness (QED) is 0.333. The number of carboxylic acids is 1. The standard InChI is InChI=1S/C10H4ClF2NO2.CHF3O3S/c11-8-1-4-5(3-14-8)9(10(15)16)7(13)2-6(4)12;2-1(3,4)8(5,6)7/h1-3H,(H,15,16);(H,5,6,7). The Morgan fingerprint density at radius 1 is 1.12 bits per heavy atom. The molecule has 2 N–H and O–H groups in total. The third-order valence-electron chi connectivity index (χ3n) is 2.40. The topological polar surface area (TPSA) is 105 Å². The van der Waals surface area contributed by atoms with Crippen LogP contribution in [-0.2, 0) is 10.1 Å². The second-order valence-electron chi connectivity index (χ2n) is 3.99. The summed E-state index contributed by atoms with van der Waals surface area (Å²) in [5.74, 6) is -3.49. The summed E-state index contributed by atoms with van der Waals surface area (Å²) in [6, 6.07) is 1.67. The summed E-state index contributed by atoms with van der Waals surface area (Å²) in [5, 5.41) is 8.62. The number of pyridine rings is 1. The van der Waals surface area contributed by atoms with Gasteiger partial charge in [0, 0.05) is 23.0 Å². The van der Waals surface area contributed by atoms with Crippen molar-refractivity contribution in [3.63, 3.8) is 0 Å². The molecule has 2 aromatic rings. The lowest BCUT2D eigenvalue weighted by atomic mass is 10.1. The fourth-order valence-electron chi connectivity index (χ4n) is 1.43. The van der Waals surface area contributed by atoms with Gasteiger partial charge < -0.3 is 5.11 Å². The number of aromatic carboxylic acids is 1. The number of nitrogens with zero attached hydrogens (tertiary/aromatic N) is 1. The minimum Gasteiger partial charge on any atom is -0.478 e. The van der Waals surface area contributed by atoms with Gasteiger partial charge in [0.05, 0.1) is 0 Å². The van der Waals surface area contributed by atoms with Crippen LogP contribution >= 0.6 is 11.6 Å². The van der Waals surface area contributed by atoms with Crippen LogP contribution in [0.25, 0.3) is 10.8 Å². The largest absolute Gasteiger partial charge is 0.522 e. The second kappa shape index (κ2) is 6.83. The first-order chi connectivity index (χ1) is 10.8. The first-order valence-electron chi connectivity index (χ1n) is 5.46. The van der Waals surface area contributed by atoms with Crippen molar-refractivity contribution in [1.29, 1.82) is 0 Å². The number of hydrogen-bond donors (Lipinski definition) is 2. The van der Waals surface area contributed by atoms with E-state index in [0.717, 1.165) is 12.3 Å². The first kappa shape index (κ1) is 20.0. The smallest absolute Gasteiger partial charge is 0.478 e. The Morgan fingerprint density at radius 2 is 1.62 bits per heavy atom. The third kappa shape index (κ3) is 4.49. The van der Waals surface area contributed by atoms with E-state index in [2.05, 4.69) is 4.98 Å². The molecule has 24 heavy (non-hydrogen) atoms. The van der Waals surface area contributed by atoms with Gasteiger partial charge in [-0.15, -0.1) is 0 Å². The average molecular weight is 394 g/mol. The molecular formula is C11H5ClF5NO5S. The lowest BCUT2D eigenvalue weighted by Gasteiger charge is -2.05. The van der Waals surface area contributed by atoms with Crippen LogP contribution in [0.5, 0.6) is 0 Å². The summed E-state index contributed by atoms with van der Waals surface area (Å²) in [7, 11) is -5.84. The minimum atomic E-state index is -5.84. The highest BCUT2D eigenvalue weighted by atomic mass is 35.5. The predicted molar refractivity (Wildman–Crippen MR) is 71.2 cm³/mol. The van der Waals surface area contributed by atoms with E-state index in [1.165, 1.54) is 0 Å². The summed E-state index contributed by atoms with van der Waals surface area (Å²) in [4.78, 5) is 14.4. The van der Waals surface area contributed by atoms with Gasteiger partial charge in [-0.2, -0.15) is 21.6 Å². The van der Waals surface area contributed by atoms with Crippen LogP contribution in [-0.4, -0.2) is 34.5 Å². The Balaban J connectivity index is 0.000000307. The van der Waals surface area contributed by atoms with Gasteiger partial charge in [0.15, 0.2) is 0 Å². The molecule has 0 spiro atoms. The Bertz CT molecular complexity index is 900. The summed E-state index contributed by atoms with van der Waals surface area (Å²) in [6.07, 6.45) is 1.03. The molecule has 6 nitrogen and oxygen atoms in total. The predicted octanol–water partition coefficient (Wildman–Crippen LogP) is 3.26. The van der Waals surface area contributed by atoms with Crippen molar-refractivity contribution in [1.82, 2.24) is 4.98 Å². The van der Waals surface area contributed by atoms with Gasteiger partial charge in [-0.05, 0) is 6.07 Å². The Labute approximate surface area is 135 Å². The zero-order valence-corrected chi connectivity index (χ0v) is 12.5. The van der Waals surface area contributed by atoms with E-state index in [1.807, 2.05) is 0 Å². The van der Waals surface area contributed by atoms with Crippen molar-refractivity contribution in [3.8, 4) is 0 Å². The van der Waals surface area contributed by atoms with Crippen LogP contribution in [0, 0.1) is 11.6 Å². The molecule has 2 rings (SSSR count). The molecule has 1 aromatic heterocycles. The normalized spacial score (nSPS) is 11.8. The van der Waals surface area contributed by atoms with Crippen LogP contribution in [0.3, 0.4) is 0 Å². The molecular weight excluding hydrogens is 389 g/mol. The second-order valence-corrected chi connectivity index (χ2v) is 5.79. The van der Waals surface area contributed by atoms with Gasteiger partial charge in [-0.25, -0.2) is 18.6 Å². The Morgan fingerprint density at radius 3 is 2.04 bits per heavy atom. The Kier molecular flexibility index (Phi) is 5.69. The highest BCUT2D eigenvalue weighted by molar-refractivity contribution is 7.86. The van der Waals surface area contributed by atoms with Crippen LogP contribution in [0.1, 0.15) is 10.4 Å². The number of aromatic nitrogens is 1. The molecule has 0 aliphatic rings.